The zero-order valence-electron chi connectivity index (χ0n) is 20.1. The second kappa shape index (κ2) is 13.0. The quantitative estimate of drug-likeness (QED) is 0.311. The van der Waals surface area contributed by atoms with Crippen LogP contribution in [-0.4, -0.2) is 0 Å². The molecule has 0 aromatic carbocycles. The van der Waals surface area contributed by atoms with E-state index in [1.165, 1.54) is 71.0 Å². The van der Waals surface area contributed by atoms with Crippen molar-refractivity contribution in [2.45, 2.75) is 83.1 Å². The summed E-state index contributed by atoms with van der Waals surface area (Å²) in [7, 11) is 0. The monoisotopic (exact) mass is 515 g/mol. The van der Waals surface area contributed by atoms with E-state index in [9.17, 15) is 0 Å². The van der Waals surface area contributed by atoms with Crippen LogP contribution in [0.25, 0.3) is 0 Å². The van der Waals surface area contributed by atoms with Crippen LogP contribution in [0, 0.1) is 131 Å². The summed E-state index contributed by atoms with van der Waals surface area (Å²) in [6, 6.07) is 0. The van der Waals surface area contributed by atoms with Gasteiger partial charge in [-0.25, -0.2) is 0 Å². The molecule has 153 valence electrons. The molecule has 0 atom stereocenters. The van der Waals surface area contributed by atoms with Crippen LogP contribution in [0.5, 0.6) is 0 Å². The van der Waals surface area contributed by atoms with Crippen molar-refractivity contribution in [1.82, 2.24) is 0 Å². The molecule has 3 fully saturated rings. The van der Waals surface area contributed by atoms with E-state index in [0.717, 1.165) is 0 Å². The average Bonchev–Trinajstić information content (AvgIpc) is 3.07. The van der Waals surface area contributed by atoms with Crippen LogP contribution in [-0.2, 0) is 0 Å². The van der Waals surface area contributed by atoms with Crippen LogP contribution < -0.4 is 0 Å². The molecule has 3 saturated carbocycles. The number of hydrogen-bond donors (Lipinski definition) is 0. The van der Waals surface area contributed by atoms with Crippen molar-refractivity contribution in [3.8, 4) is 0 Å². The van der Waals surface area contributed by atoms with E-state index in [0.29, 0.717) is 0 Å². The van der Waals surface area contributed by atoms with Gasteiger partial charge in [0.05, 0.1) is 0 Å². The Balaban J connectivity index is 0.000000384. The Hall–Kier alpha value is 1.34. The predicted molar refractivity (Wildman–Crippen MR) is 120 cm³/mol. The molecule has 0 nitrogen and oxygen atoms in total. The van der Waals surface area contributed by atoms with Crippen molar-refractivity contribution in [2.75, 3.05) is 0 Å². The maximum atomic E-state index is 2.24. The summed E-state index contributed by atoms with van der Waals surface area (Å²) in [5.41, 5.74) is 0. The topological polar surface area (TPSA) is 0 Å². The third-order valence-corrected chi connectivity index (χ3v) is 6.54. The second-order valence-corrected chi connectivity index (χ2v) is 8.28. The summed E-state index contributed by atoms with van der Waals surface area (Å²) in [6.45, 7) is 26.0. The van der Waals surface area contributed by atoms with E-state index >= 15 is 0 Å². The van der Waals surface area contributed by atoms with Gasteiger partial charge in [-0.15, -0.1) is 0 Å². The first-order valence-corrected chi connectivity index (χ1v) is 9.98. The molecule has 0 N–H and O–H groups in total. The van der Waals surface area contributed by atoms with E-state index in [1.807, 2.05) is 0 Å². The fourth-order valence-corrected chi connectivity index (χ4v) is 3.40. The molecule has 28 heavy (non-hydrogen) atoms. The summed E-state index contributed by atoms with van der Waals surface area (Å²) in [6.07, 6.45) is 6.72. The van der Waals surface area contributed by atoms with Crippen LogP contribution in [0.2, 0.25) is 0 Å². The van der Waals surface area contributed by atoms with Crippen molar-refractivity contribution in [2.24, 2.45) is 0 Å². The third kappa shape index (κ3) is 7.79. The summed E-state index contributed by atoms with van der Waals surface area (Å²) in [5.74, 6) is 17.2. The minimum atomic E-state index is 0. The molecule has 1 heteroatoms. The molecule has 0 spiro atoms. The van der Waals surface area contributed by atoms with Crippen molar-refractivity contribution < 1.29 is 40.4 Å². The number of rotatable bonds is 0. The molecule has 3 rings (SSSR count). The fourth-order valence-electron chi connectivity index (χ4n) is 3.40. The SMILES string of the molecule is C[C]1[CH][C](C)[C](C)[C]1C.C[C]1[CH][C](C)[C](C)[C]1C.C[C]1[CH][C](C)[C](C)[C]1C.[Sm]. The zero-order chi connectivity index (χ0) is 21.0. The largest absolute Gasteiger partial charge is 0.0582 e. The van der Waals surface area contributed by atoms with E-state index < -0.39 is 0 Å². The fraction of sp³-hybridized carbons (Fsp3) is 0.444. The van der Waals surface area contributed by atoms with E-state index in [4.69, 9.17) is 0 Å². The summed E-state index contributed by atoms with van der Waals surface area (Å²) in [5, 5.41) is 0. The molecule has 3 aliphatic carbocycles. The van der Waals surface area contributed by atoms with Gasteiger partial charge in [0, 0.05) is 40.4 Å². The van der Waals surface area contributed by atoms with Gasteiger partial charge in [-0.1, -0.05) is 83.1 Å². The molecule has 0 heterocycles. The Morgan fingerprint density at radius 2 is 0.393 bits per heavy atom. The average molecular weight is 514 g/mol. The Morgan fingerprint density at radius 3 is 0.429 bits per heavy atom. The van der Waals surface area contributed by atoms with Crippen molar-refractivity contribution >= 4 is 0 Å². The van der Waals surface area contributed by atoms with Crippen molar-refractivity contribution in [3.63, 3.8) is 0 Å². The van der Waals surface area contributed by atoms with Crippen molar-refractivity contribution in [3.05, 3.63) is 90.3 Å². The molecular formula is C27H39Sm. The second-order valence-electron chi connectivity index (χ2n) is 8.28. The molecular weight excluding hydrogens is 475 g/mol. The molecule has 0 unspecified atom stereocenters. The zero-order valence-corrected chi connectivity index (χ0v) is 22.8. The van der Waals surface area contributed by atoms with Crippen LogP contribution >= 0.6 is 0 Å². The Morgan fingerprint density at radius 1 is 0.286 bits per heavy atom. The minimum Gasteiger partial charge on any atom is -0.0582 e. The van der Waals surface area contributed by atoms with Gasteiger partial charge < -0.3 is 0 Å². The van der Waals surface area contributed by atoms with Crippen LogP contribution in [0.15, 0.2) is 0 Å². The standard InChI is InChI=1S/3C9H13.Sm/c3*1-6-5-7(2)9(4)8(6)3;/h3*5H,1-4H3;. The van der Waals surface area contributed by atoms with Crippen LogP contribution in [0.1, 0.15) is 83.1 Å². The smallest absolute Gasteiger partial charge is 0 e. The molecule has 3 aliphatic rings. The first-order chi connectivity index (χ1) is 12.4. The van der Waals surface area contributed by atoms with E-state index in [2.05, 4.69) is 102 Å². The molecule has 0 saturated heterocycles. The third-order valence-electron chi connectivity index (χ3n) is 6.54. The minimum absolute atomic E-state index is 0. The van der Waals surface area contributed by atoms with Gasteiger partial charge in [0.15, 0.2) is 0 Å². The van der Waals surface area contributed by atoms with Crippen LogP contribution in [0.4, 0.5) is 0 Å². The summed E-state index contributed by atoms with van der Waals surface area (Å²) in [4.78, 5) is 0. The van der Waals surface area contributed by atoms with Crippen molar-refractivity contribution in [1.29, 1.82) is 0 Å². The Labute approximate surface area is 212 Å². The summed E-state index contributed by atoms with van der Waals surface area (Å²) < 4.78 is 0. The van der Waals surface area contributed by atoms with E-state index in [-0.39, 0.29) is 40.4 Å². The molecule has 0 bridgehead atoms. The first kappa shape index (κ1) is 29.3. The molecule has 0 amide bonds. The Kier molecular flexibility index (Phi) is 13.6. The normalized spacial score (nSPS) is 27.0. The summed E-state index contributed by atoms with van der Waals surface area (Å²) >= 11 is 0. The van der Waals surface area contributed by atoms with Gasteiger partial charge in [0.25, 0.3) is 0 Å². The van der Waals surface area contributed by atoms with E-state index in [1.54, 1.807) is 0 Å². The maximum absolute atomic E-state index is 2.24. The molecule has 15 radical (unpaired) electrons. The molecule has 0 aliphatic heterocycles. The maximum Gasteiger partial charge on any atom is 0 e. The predicted octanol–water partition coefficient (Wildman–Crippen LogP) is 7.75. The van der Waals surface area contributed by atoms with Gasteiger partial charge in [0.2, 0.25) is 0 Å². The molecule has 0 aromatic rings. The van der Waals surface area contributed by atoms with Gasteiger partial charge >= 0.3 is 0 Å². The first-order valence-electron chi connectivity index (χ1n) is 9.98. The van der Waals surface area contributed by atoms with Gasteiger partial charge in [-0.05, 0) is 90.3 Å². The van der Waals surface area contributed by atoms with Crippen LogP contribution in [0.3, 0.4) is 0 Å². The van der Waals surface area contributed by atoms with Gasteiger partial charge in [-0.3, -0.25) is 0 Å². The van der Waals surface area contributed by atoms with Gasteiger partial charge in [0.1, 0.15) is 0 Å². The molecule has 0 aromatic heterocycles. The number of hydrogen-bond acceptors (Lipinski definition) is 0. The van der Waals surface area contributed by atoms with Gasteiger partial charge in [-0.2, -0.15) is 0 Å². The Bertz CT molecular complexity index is 321.